The molecule has 0 aliphatic carbocycles. The molecule has 2 aromatic rings. The molecule has 0 aromatic carbocycles. The summed E-state index contributed by atoms with van der Waals surface area (Å²) in [5, 5.41) is 1.99. The smallest absolute Gasteiger partial charge is 0.228 e. The molecule has 5 nitrogen and oxygen atoms in total. The second-order valence-corrected chi connectivity index (χ2v) is 6.78. The summed E-state index contributed by atoms with van der Waals surface area (Å²) < 4.78 is 0. The molecule has 2 amide bonds. The van der Waals surface area contributed by atoms with Gasteiger partial charge in [-0.25, -0.2) is 0 Å². The highest BCUT2D eigenvalue weighted by Gasteiger charge is 2.22. The number of nitrogens with one attached hydrogen (secondary N) is 1. The third-order valence-corrected chi connectivity index (χ3v) is 4.99. The Morgan fingerprint density at radius 3 is 2.35 bits per heavy atom. The molecule has 0 spiro atoms. The summed E-state index contributed by atoms with van der Waals surface area (Å²) in [4.78, 5) is 32.7. The van der Waals surface area contributed by atoms with Gasteiger partial charge in [-0.2, -0.15) is 0 Å². The van der Waals surface area contributed by atoms with Crippen molar-refractivity contribution in [1.82, 2.24) is 14.8 Å². The van der Waals surface area contributed by atoms with Crippen LogP contribution in [0.4, 0.5) is 0 Å². The molecule has 23 heavy (non-hydrogen) atoms. The fourth-order valence-corrected chi connectivity index (χ4v) is 3.54. The highest BCUT2D eigenvalue weighted by molar-refractivity contribution is 7.10. The highest BCUT2D eigenvalue weighted by Crippen LogP contribution is 2.12. The number of nitrogens with zero attached hydrogens (tertiary/aromatic N) is 2. The zero-order valence-electron chi connectivity index (χ0n) is 13.0. The predicted octanol–water partition coefficient (Wildman–Crippen LogP) is 1.92. The lowest BCUT2D eigenvalue weighted by molar-refractivity contribution is -0.132. The summed E-state index contributed by atoms with van der Waals surface area (Å²) in [6.45, 7) is 2.70. The number of H-pyrrole nitrogens is 1. The van der Waals surface area contributed by atoms with E-state index in [1.54, 1.807) is 11.3 Å². The number of rotatable bonds is 4. The Hall–Kier alpha value is -2.08. The van der Waals surface area contributed by atoms with E-state index in [0.29, 0.717) is 25.9 Å². The van der Waals surface area contributed by atoms with Crippen molar-refractivity contribution in [3.8, 4) is 0 Å². The average Bonchev–Trinajstić information content (AvgIpc) is 3.17. The van der Waals surface area contributed by atoms with Crippen LogP contribution in [0.3, 0.4) is 0 Å². The summed E-state index contributed by atoms with van der Waals surface area (Å²) in [6.07, 6.45) is 3.53. The van der Waals surface area contributed by atoms with E-state index >= 15 is 0 Å². The van der Waals surface area contributed by atoms with Crippen molar-refractivity contribution < 1.29 is 9.59 Å². The van der Waals surface area contributed by atoms with Crippen LogP contribution in [0.2, 0.25) is 0 Å². The fraction of sp³-hybridized carbons (Fsp3) is 0.412. The lowest BCUT2D eigenvalue weighted by atomic mass is 10.2. The number of carbonyl (C=O) groups excluding carboxylic acids is 2. The first-order valence-corrected chi connectivity index (χ1v) is 8.80. The van der Waals surface area contributed by atoms with Gasteiger partial charge < -0.3 is 14.8 Å². The topological polar surface area (TPSA) is 56.4 Å². The van der Waals surface area contributed by atoms with Crippen molar-refractivity contribution in [3.63, 3.8) is 0 Å². The van der Waals surface area contributed by atoms with Crippen molar-refractivity contribution in [2.24, 2.45) is 0 Å². The minimum absolute atomic E-state index is 0.125. The van der Waals surface area contributed by atoms with E-state index in [9.17, 15) is 9.59 Å². The van der Waals surface area contributed by atoms with Gasteiger partial charge in [0, 0.05) is 42.9 Å². The number of thiophene rings is 1. The van der Waals surface area contributed by atoms with Gasteiger partial charge in [-0.1, -0.05) is 6.07 Å². The molecule has 1 aliphatic rings. The van der Waals surface area contributed by atoms with Crippen LogP contribution in [-0.2, 0) is 22.4 Å². The summed E-state index contributed by atoms with van der Waals surface area (Å²) in [6, 6.07) is 7.78. The Labute approximate surface area is 139 Å². The summed E-state index contributed by atoms with van der Waals surface area (Å²) in [5.41, 5.74) is 0.935. The van der Waals surface area contributed by atoms with Gasteiger partial charge in [0.25, 0.3) is 0 Å². The summed E-state index contributed by atoms with van der Waals surface area (Å²) >= 11 is 1.61. The zero-order valence-corrected chi connectivity index (χ0v) is 13.8. The maximum Gasteiger partial charge on any atom is 0.228 e. The molecule has 3 rings (SSSR count). The van der Waals surface area contributed by atoms with Crippen molar-refractivity contribution in [1.29, 1.82) is 0 Å². The lowest BCUT2D eigenvalue weighted by Gasteiger charge is -2.22. The van der Waals surface area contributed by atoms with E-state index in [4.69, 9.17) is 0 Å². The molecule has 1 aliphatic heterocycles. The number of aromatic nitrogens is 1. The Morgan fingerprint density at radius 1 is 1.00 bits per heavy atom. The minimum atomic E-state index is 0.125. The van der Waals surface area contributed by atoms with Crippen LogP contribution in [-0.4, -0.2) is 52.8 Å². The molecule has 6 heteroatoms. The number of hydrogen-bond acceptors (Lipinski definition) is 3. The quantitative estimate of drug-likeness (QED) is 0.930. The summed E-state index contributed by atoms with van der Waals surface area (Å²) in [7, 11) is 0. The Balaban J connectivity index is 1.52. The van der Waals surface area contributed by atoms with Crippen LogP contribution in [0, 0.1) is 0 Å². The molecule has 1 saturated heterocycles. The van der Waals surface area contributed by atoms with Crippen molar-refractivity contribution >= 4 is 23.2 Å². The first kappa shape index (κ1) is 15.8. The largest absolute Gasteiger partial charge is 0.365 e. The first-order chi connectivity index (χ1) is 11.2. The maximum absolute atomic E-state index is 12.4. The second kappa shape index (κ2) is 7.46. The Bertz CT molecular complexity index is 581. The van der Waals surface area contributed by atoms with Gasteiger partial charge in [0.15, 0.2) is 0 Å². The van der Waals surface area contributed by atoms with Gasteiger partial charge in [-0.05, 0) is 30.0 Å². The van der Waals surface area contributed by atoms with Crippen LogP contribution < -0.4 is 0 Å². The van der Waals surface area contributed by atoms with Gasteiger partial charge in [0.1, 0.15) is 0 Å². The van der Waals surface area contributed by atoms with Crippen molar-refractivity contribution in [2.45, 2.75) is 19.3 Å². The van der Waals surface area contributed by atoms with Crippen molar-refractivity contribution in [3.05, 3.63) is 46.4 Å². The predicted molar refractivity (Wildman–Crippen MR) is 90.3 cm³/mol. The van der Waals surface area contributed by atoms with E-state index < -0.39 is 0 Å². The van der Waals surface area contributed by atoms with Crippen LogP contribution >= 0.6 is 11.3 Å². The SMILES string of the molecule is O=C(Cc1ccc[nH]1)N1CCCN(C(=O)Cc2cccs2)CC1. The third-order valence-electron chi connectivity index (χ3n) is 4.11. The van der Waals surface area contributed by atoms with E-state index in [1.165, 1.54) is 0 Å². The van der Waals surface area contributed by atoms with E-state index in [2.05, 4.69) is 4.98 Å². The number of amides is 2. The number of carbonyl (C=O) groups is 2. The Morgan fingerprint density at radius 2 is 1.74 bits per heavy atom. The lowest BCUT2D eigenvalue weighted by Crippen LogP contribution is -2.38. The van der Waals surface area contributed by atoms with E-state index in [0.717, 1.165) is 30.1 Å². The van der Waals surface area contributed by atoms with Crippen LogP contribution in [0.5, 0.6) is 0 Å². The molecule has 0 radical (unpaired) electrons. The van der Waals surface area contributed by atoms with Gasteiger partial charge >= 0.3 is 0 Å². The van der Waals surface area contributed by atoms with Gasteiger partial charge in [0.2, 0.25) is 11.8 Å². The number of aromatic amines is 1. The minimum Gasteiger partial charge on any atom is -0.365 e. The van der Waals surface area contributed by atoms with Gasteiger partial charge in [-0.3, -0.25) is 9.59 Å². The van der Waals surface area contributed by atoms with Crippen LogP contribution in [0.25, 0.3) is 0 Å². The van der Waals surface area contributed by atoms with Gasteiger partial charge in [-0.15, -0.1) is 11.3 Å². The van der Waals surface area contributed by atoms with E-state index in [-0.39, 0.29) is 11.8 Å². The molecule has 0 unspecified atom stereocenters. The first-order valence-electron chi connectivity index (χ1n) is 7.92. The molecule has 2 aromatic heterocycles. The van der Waals surface area contributed by atoms with Crippen molar-refractivity contribution in [2.75, 3.05) is 26.2 Å². The third kappa shape index (κ3) is 4.22. The fourth-order valence-electron chi connectivity index (χ4n) is 2.84. The molecule has 0 saturated carbocycles. The normalized spacial score (nSPS) is 15.5. The average molecular weight is 331 g/mol. The highest BCUT2D eigenvalue weighted by atomic mass is 32.1. The summed E-state index contributed by atoms with van der Waals surface area (Å²) in [5.74, 6) is 0.283. The second-order valence-electron chi connectivity index (χ2n) is 5.74. The molecule has 1 N–H and O–H groups in total. The monoisotopic (exact) mass is 331 g/mol. The van der Waals surface area contributed by atoms with E-state index in [1.807, 2.05) is 45.6 Å². The Kier molecular flexibility index (Phi) is 5.12. The van der Waals surface area contributed by atoms with Gasteiger partial charge in [0.05, 0.1) is 12.8 Å². The molecule has 0 bridgehead atoms. The standard InChI is InChI=1S/C17H21N3O2S/c21-16(12-14-4-1-6-18-14)19-7-3-8-20(10-9-19)17(22)13-15-5-2-11-23-15/h1-2,4-6,11,18H,3,7-10,12-13H2. The number of hydrogen-bond donors (Lipinski definition) is 1. The molecular weight excluding hydrogens is 310 g/mol. The molecular formula is C17H21N3O2S. The van der Waals surface area contributed by atoms with Crippen LogP contribution in [0.15, 0.2) is 35.8 Å². The molecule has 1 fully saturated rings. The zero-order chi connectivity index (χ0) is 16.1. The molecule has 3 heterocycles. The maximum atomic E-state index is 12.4. The molecule has 0 atom stereocenters. The molecule has 122 valence electrons. The van der Waals surface area contributed by atoms with Crippen LogP contribution in [0.1, 0.15) is 17.0 Å².